The van der Waals surface area contributed by atoms with Crippen LogP contribution >= 0.6 is 0 Å². The summed E-state index contributed by atoms with van der Waals surface area (Å²) in [7, 11) is 0. The summed E-state index contributed by atoms with van der Waals surface area (Å²) in [4.78, 5) is 10.2. The summed E-state index contributed by atoms with van der Waals surface area (Å²) in [5.41, 5.74) is -4.09. The van der Waals surface area contributed by atoms with E-state index in [2.05, 4.69) is 19.3 Å². The van der Waals surface area contributed by atoms with Gasteiger partial charge in [0.25, 0.3) is 11.4 Å². The molecule has 0 heterocycles. The summed E-state index contributed by atoms with van der Waals surface area (Å²) in [6.07, 6.45) is -10.9. The molecule has 0 aromatic heterocycles. The summed E-state index contributed by atoms with van der Waals surface area (Å²) in [5, 5.41) is 41.1. The van der Waals surface area contributed by atoms with Crippen molar-refractivity contribution in [1.29, 1.82) is 21.0 Å². The van der Waals surface area contributed by atoms with Crippen LogP contribution in [0.4, 0.5) is 26.3 Å². The molecule has 14 heteroatoms. The highest BCUT2D eigenvalue weighted by molar-refractivity contribution is 6.30. The summed E-state index contributed by atoms with van der Waals surface area (Å²) in [6, 6.07) is 15.0. The lowest BCUT2D eigenvalue weighted by atomic mass is 9.88. The Labute approximate surface area is 285 Å². The van der Waals surface area contributed by atoms with Crippen LogP contribution in [0.25, 0.3) is 48.1 Å². The van der Waals surface area contributed by atoms with Gasteiger partial charge < -0.3 is 4.74 Å². The second-order valence-electron chi connectivity index (χ2n) is 10.9. The van der Waals surface area contributed by atoms with Gasteiger partial charge in [0.15, 0.2) is 0 Å². The standard InChI is InChI=1S/C37H13F6N7O/c1-17-8-18(2)10-20(9-17)30-34(27(16-47)49-4)22-12-21-31(24(14-45)32(22)35(30)50-5)23(13-44)29(33(21)26(15-46)48-3)19-6-7-25(36(38,39)40)28(11-19)51-37(41,42)43/h6-12H,1-2H3/b33-26+,34-27-. The predicted octanol–water partition coefficient (Wildman–Crippen LogP) is 9.65. The number of alkyl halides is 6. The zero-order valence-corrected chi connectivity index (χ0v) is 25.8. The number of aryl methyl sites for hydroxylation is 2. The van der Waals surface area contributed by atoms with Crippen molar-refractivity contribution in [2.75, 3.05) is 0 Å². The Bertz CT molecular complexity index is 2520. The van der Waals surface area contributed by atoms with Gasteiger partial charge in [-0.15, -0.1) is 13.2 Å². The van der Waals surface area contributed by atoms with Crippen molar-refractivity contribution in [1.82, 2.24) is 0 Å². The molecule has 2 aliphatic rings. The van der Waals surface area contributed by atoms with Crippen LogP contribution in [0.1, 0.15) is 55.6 Å². The fraction of sp³-hybridized carbons (Fsp3) is 0.108. The number of hydrogen-bond acceptors (Lipinski definition) is 5. The van der Waals surface area contributed by atoms with Crippen molar-refractivity contribution in [3.8, 4) is 30.0 Å². The van der Waals surface area contributed by atoms with Crippen LogP contribution in [-0.4, -0.2) is 6.36 Å². The van der Waals surface area contributed by atoms with E-state index in [0.29, 0.717) is 11.6 Å². The van der Waals surface area contributed by atoms with Crippen LogP contribution < -0.4 is 4.74 Å². The van der Waals surface area contributed by atoms with Crippen LogP contribution in [0.5, 0.6) is 5.75 Å². The molecule has 3 aromatic rings. The molecular weight excluding hydrogens is 672 g/mol. The van der Waals surface area contributed by atoms with E-state index in [9.17, 15) is 47.4 Å². The molecule has 8 nitrogen and oxygen atoms in total. The quantitative estimate of drug-likeness (QED) is 0.155. The van der Waals surface area contributed by atoms with E-state index in [1.54, 1.807) is 38.1 Å². The molecule has 51 heavy (non-hydrogen) atoms. The first-order valence-corrected chi connectivity index (χ1v) is 14.1. The fourth-order valence-electron chi connectivity index (χ4n) is 6.26. The lowest BCUT2D eigenvalue weighted by Crippen LogP contribution is -2.20. The van der Waals surface area contributed by atoms with E-state index < -0.39 is 57.5 Å². The van der Waals surface area contributed by atoms with Gasteiger partial charge in [0.1, 0.15) is 11.8 Å². The lowest BCUT2D eigenvalue weighted by molar-refractivity contribution is -0.276. The zero-order valence-electron chi connectivity index (χ0n) is 25.8. The van der Waals surface area contributed by atoms with Crippen molar-refractivity contribution in [2.24, 2.45) is 0 Å². The van der Waals surface area contributed by atoms with Crippen LogP contribution in [0.2, 0.25) is 0 Å². The second-order valence-corrected chi connectivity index (χ2v) is 10.9. The van der Waals surface area contributed by atoms with Gasteiger partial charge in [-0.2, -0.15) is 23.7 Å². The average molecular weight is 686 g/mol. The normalized spacial score (nSPS) is 15.2. The van der Waals surface area contributed by atoms with E-state index in [0.717, 1.165) is 17.2 Å². The highest BCUT2D eigenvalue weighted by atomic mass is 19.4. The molecule has 3 aromatic carbocycles. The third-order valence-corrected chi connectivity index (χ3v) is 7.90. The monoisotopic (exact) mass is 685 g/mol. The first-order chi connectivity index (χ1) is 24.1. The molecule has 0 radical (unpaired) electrons. The van der Waals surface area contributed by atoms with E-state index in [4.69, 9.17) is 19.7 Å². The Kier molecular flexibility index (Phi) is 8.50. The molecular formula is C37H13F6N7O. The third kappa shape index (κ3) is 5.69. The number of benzene rings is 3. The molecule has 0 saturated heterocycles. The minimum Gasteiger partial charge on any atom is -0.405 e. The number of ether oxygens (including phenoxy) is 1. The van der Waals surface area contributed by atoms with Gasteiger partial charge in [0.2, 0.25) is 5.70 Å². The predicted molar refractivity (Wildman–Crippen MR) is 169 cm³/mol. The maximum Gasteiger partial charge on any atom is 0.573 e. The van der Waals surface area contributed by atoms with E-state index in [-0.39, 0.29) is 50.7 Å². The van der Waals surface area contributed by atoms with Gasteiger partial charge in [0.05, 0.1) is 54.6 Å². The van der Waals surface area contributed by atoms with Crippen LogP contribution in [0.3, 0.4) is 0 Å². The minimum absolute atomic E-state index is 0.0233. The average Bonchev–Trinajstić information content (AvgIpc) is 3.56. The summed E-state index contributed by atoms with van der Waals surface area (Å²) in [6.45, 7) is 27.1. The van der Waals surface area contributed by atoms with Crippen molar-refractivity contribution in [3.63, 3.8) is 0 Å². The first-order valence-electron chi connectivity index (χ1n) is 14.1. The Morgan fingerprint density at radius 3 is 1.75 bits per heavy atom. The number of nitriles is 4. The van der Waals surface area contributed by atoms with Gasteiger partial charge >= 0.3 is 12.5 Å². The summed E-state index contributed by atoms with van der Waals surface area (Å²) in [5.74, 6) is -1.69. The fourth-order valence-corrected chi connectivity index (χ4v) is 6.26. The molecule has 0 spiro atoms. The number of rotatable bonds is 3. The topological polar surface area (TPSA) is 117 Å². The molecule has 5 rings (SSSR count). The number of hydrogen-bond donors (Lipinski definition) is 0. The van der Waals surface area contributed by atoms with Crippen molar-refractivity contribution < 1.29 is 31.1 Å². The number of nitrogens with zero attached hydrogens (tertiary/aromatic N) is 7. The SMILES string of the molecule is [C-]#[N+]C1=C(c2cc(C)cc(C)c2)/C(=C(/C#N)[N+]#[C-])c2cc3c(c(C#N)c21)C(C#N)=C(c1ccc(C(F)(F)F)c(OC(F)(F)F)c1)/C3=C(\C#N)[N+]#[C-]. The molecule has 0 saturated carbocycles. The second kappa shape index (κ2) is 12.5. The van der Waals surface area contributed by atoms with Gasteiger partial charge in [-0.05, 0) is 71.0 Å². The zero-order chi connectivity index (χ0) is 37.6. The van der Waals surface area contributed by atoms with Crippen LogP contribution in [0.15, 0.2) is 53.9 Å². The molecule has 0 amide bonds. The van der Waals surface area contributed by atoms with Gasteiger partial charge in [-0.3, -0.25) is 0 Å². The number of halogens is 6. The largest absolute Gasteiger partial charge is 0.573 e. The molecule has 0 aliphatic heterocycles. The summed E-state index contributed by atoms with van der Waals surface area (Å²) >= 11 is 0. The number of fused-ring (bicyclic) bond motifs is 2. The molecule has 0 N–H and O–H groups in total. The smallest absolute Gasteiger partial charge is 0.405 e. The number of allylic oxidation sites excluding steroid dienone is 7. The van der Waals surface area contributed by atoms with Crippen molar-refractivity contribution in [2.45, 2.75) is 26.4 Å². The molecule has 244 valence electrons. The summed E-state index contributed by atoms with van der Waals surface area (Å²) < 4.78 is 84.8. The molecule has 2 aliphatic carbocycles. The van der Waals surface area contributed by atoms with Crippen LogP contribution in [-0.2, 0) is 6.18 Å². The molecule has 0 unspecified atom stereocenters. The van der Waals surface area contributed by atoms with Gasteiger partial charge in [-0.25, -0.2) is 25.1 Å². The van der Waals surface area contributed by atoms with Crippen molar-refractivity contribution in [3.05, 3.63) is 144 Å². The minimum atomic E-state index is -5.58. The highest BCUT2D eigenvalue weighted by Gasteiger charge is 2.42. The lowest BCUT2D eigenvalue weighted by Gasteiger charge is -2.17. The molecule has 0 fully saturated rings. The Balaban J connectivity index is 2.00. The Hall–Kier alpha value is -7.57. The van der Waals surface area contributed by atoms with Gasteiger partial charge in [0, 0.05) is 16.7 Å². The maximum absolute atomic E-state index is 13.7. The molecule has 0 bridgehead atoms. The maximum atomic E-state index is 13.7. The van der Waals surface area contributed by atoms with Gasteiger partial charge in [-0.1, -0.05) is 35.4 Å². The molecule has 0 atom stereocenters. The first kappa shape index (κ1) is 34.8. The van der Waals surface area contributed by atoms with Crippen LogP contribution in [0, 0.1) is 78.9 Å². The van der Waals surface area contributed by atoms with E-state index >= 15 is 0 Å². The van der Waals surface area contributed by atoms with Crippen molar-refractivity contribution >= 4 is 33.6 Å². The van der Waals surface area contributed by atoms with E-state index in [1.165, 1.54) is 6.07 Å². The Morgan fingerprint density at radius 1 is 0.706 bits per heavy atom. The third-order valence-electron chi connectivity index (χ3n) is 7.90. The van der Waals surface area contributed by atoms with E-state index in [1.807, 2.05) is 18.2 Å². The highest BCUT2D eigenvalue weighted by Crippen LogP contribution is 2.57. The Morgan fingerprint density at radius 2 is 1.27 bits per heavy atom.